The number of nitriles is 1. The second kappa shape index (κ2) is 4.96. The van der Waals surface area contributed by atoms with Crippen molar-refractivity contribution in [1.82, 2.24) is 0 Å². The number of nitrogen functional groups attached to an aromatic ring is 1. The summed E-state index contributed by atoms with van der Waals surface area (Å²) in [6.07, 6.45) is 3.27. The minimum atomic E-state index is -0.556. The molecule has 1 aromatic carbocycles. The van der Waals surface area contributed by atoms with Crippen molar-refractivity contribution in [2.24, 2.45) is 0 Å². The average Bonchev–Trinajstić information content (AvgIpc) is 2.33. The highest BCUT2D eigenvalue weighted by Crippen LogP contribution is 2.30. The lowest BCUT2D eigenvalue weighted by atomic mass is 9.96. The highest BCUT2D eigenvalue weighted by molar-refractivity contribution is 5.96. The van der Waals surface area contributed by atoms with Crippen LogP contribution in [0.3, 0.4) is 0 Å². The molecule has 5 heteroatoms. The summed E-state index contributed by atoms with van der Waals surface area (Å²) < 4.78 is 10.3. The second-order valence-corrected chi connectivity index (χ2v) is 4.21. The van der Waals surface area contributed by atoms with E-state index >= 15 is 0 Å². The number of nitrogens with two attached hydrogens (primary N) is 1. The molecule has 0 atom stereocenters. The van der Waals surface area contributed by atoms with E-state index < -0.39 is 5.97 Å². The van der Waals surface area contributed by atoms with Crippen LogP contribution in [0.2, 0.25) is 0 Å². The highest BCUT2D eigenvalue weighted by Gasteiger charge is 2.22. The average molecular weight is 246 g/mol. The predicted molar refractivity (Wildman–Crippen MR) is 65.2 cm³/mol. The molecule has 1 aliphatic rings. The third-order valence-electron chi connectivity index (χ3n) is 3.02. The predicted octanol–water partition coefficient (Wildman–Crippen LogP) is 1.86. The Bertz CT molecular complexity index is 516. The van der Waals surface area contributed by atoms with Crippen LogP contribution in [0.4, 0.5) is 5.69 Å². The number of nitrogens with zero attached hydrogens (tertiary/aromatic N) is 1. The minimum absolute atomic E-state index is 0.153. The van der Waals surface area contributed by atoms with E-state index in [0.717, 1.165) is 19.3 Å². The molecule has 0 heterocycles. The lowest BCUT2D eigenvalue weighted by Gasteiger charge is -2.27. The van der Waals surface area contributed by atoms with E-state index in [0.29, 0.717) is 11.3 Å². The summed E-state index contributed by atoms with van der Waals surface area (Å²) in [5.41, 5.74) is 6.52. The van der Waals surface area contributed by atoms with Gasteiger partial charge in [-0.2, -0.15) is 5.26 Å². The van der Waals surface area contributed by atoms with Crippen LogP contribution in [-0.2, 0) is 4.74 Å². The van der Waals surface area contributed by atoms with Gasteiger partial charge in [-0.15, -0.1) is 0 Å². The fraction of sp³-hybridized carbons (Fsp3) is 0.385. The summed E-state index contributed by atoms with van der Waals surface area (Å²) in [6, 6.07) is 4.94. The second-order valence-electron chi connectivity index (χ2n) is 4.21. The number of benzene rings is 1. The molecule has 94 valence electrons. The number of methoxy groups -OCH3 is 1. The quantitative estimate of drug-likeness (QED) is 0.649. The first-order valence-corrected chi connectivity index (χ1v) is 5.74. The van der Waals surface area contributed by atoms with Gasteiger partial charge in [-0.25, -0.2) is 4.79 Å². The fourth-order valence-corrected chi connectivity index (χ4v) is 1.74. The van der Waals surface area contributed by atoms with E-state index in [1.54, 1.807) is 0 Å². The molecule has 1 saturated carbocycles. The van der Waals surface area contributed by atoms with E-state index in [1.807, 2.05) is 6.07 Å². The Labute approximate surface area is 105 Å². The summed E-state index contributed by atoms with van der Waals surface area (Å²) in [4.78, 5) is 11.5. The van der Waals surface area contributed by atoms with Gasteiger partial charge in [-0.05, 0) is 25.3 Å². The molecule has 0 saturated heterocycles. The Morgan fingerprint density at radius 1 is 1.50 bits per heavy atom. The fourth-order valence-electron chi connectivity index (χ4n) is 1.74. The topological polar surface area (TPSA) is 85.3 Å². The van der Waals surface area contributed by atoms with Gasteiger partial charge in [-0.3, -0.25) is 0 Å². The van der Waals surface area contributed by atoms with E-state index in [-0.39, 0.29) is 17.4 Å². The largest absolute Gasteiger partial charge is 0.489 e. The van der Waals surface area contributed by atoms with Crippen molar-refractivity contribution < 1.29 is 14.3 Å². The van der Waals surface area contributed by atoms with Crippen LogP contribution in [0.15, 0.2) is 12.1 Å². The molecule has 1 aromatic rings. The normalized spacial score (nSPS) is 14.4. The third kappa shape index (κ3) is 2.23. The van der Waals surface area contributed by atoms with E-state index in [9.17, 15) is 4.79 Å². The van der Waals surface area contributed by atoms with Crippen molar-refractivity contribution in [1.29, 1.82) is 5.26 Å². The molecule has 0 bridgehead atoms. The molecule has 1 aliphatic carbocycles. The molecule has 5 nitrogen and oxygen atoms in total. The Morgan fingerprint density at radius 3 is 2.72 bits per heavy atom. The number of carbonyl (C=O) groups excluding carboxylic acids is 1. The first-order valence-electron chi connectivity index (χ1n) is 5.74. The molecular weight excluding hydrogens is 232 g/mol. The maximum absolute atomic E-state index is 11.5. The maximum atomic E-state index is 11.5. The Morgan fingerprint density at radius 2 is 2.22 bits per heavy atom. The van der Waals surface area contributed by atoms with Crippen LogP contribution in [-0.4, -0.2) is 19.2 Å². The SMILES string of the molecule is COC(=O)c1cc(C#N)c(OC2CCC2)cc1N. The zero-order valence-corrected chi connectivity index (χ0v) is 10.1. The molecule has 0 aromatic heterocycles. The Kier molecular flexibility index (Phi) is 3.38. The van der Waals surface area contributed by atoms with Crippen molar-refractivity contribution in [3.63, 3.8) is 0 Å². The van der Waals surface area contributed by atoms with Crippen molar-refractivity contribution in [3.8, 4) is 11.8 Å². The number of esters is 1. The summed E-state index contributed by atoms with van der Waals surface area (Å²) >= 11 is 0. The van der Waals surface area contributed by atoms with Gasteiger partial charge >= 0.3 is 5.97 Å². The number of ether oxygens (including phenoxy) is 2. The van der Waals surface area contributed by atoms with Crippen molar-refractivity contribution >= 4 is 11.7 Å². The molecule has 2 N–H and O–H groups in total. The maximum Gasteiger partial charge on any atom is 0.340 e. The third-order valence-corrected chi connectivity index (χ3v) is 3.02. The van der Waals surface area contributed by atoms with E-state index in [2.05, 4.69) is 4.74 Å². The van der Waals surface area contributed by atoms with Gasteiger partial charge in [-0.1, -0.05) is 0 Å². The lowest BCUT2D eigenvalue weighted by molar-refractivity contribution is 0.0602. The van der Waals surface area contributed by atoms with Gasteiger partial charge in [0.1, 0.15) is 11.8 Å². The van der Waals surface area contributed by atoms with Gasteiger partial charge in [0.2, 0.25) is 0 Å². The summed E-state index contributed by atoms with van der Waals surface area (Å²) in [5.74, 6) is -0.119. The molecular formula is C13H14N2O3. The summed E-state index contributed by atoms with van der Waals surface area (Å²) in [5, 5.41) is 9.07. The lowest BCUT2D eigenvalue weighted by Crippen LogP contribution is -2.25. The van der Waals surface area contributed by atoms with Gasteiger partial charge in [0.05, 0.1) is 24.3 Å². The monoisotopic (exact) mass is 246 g/mol. The molecule has 18 heavy (non-hydrogen) atoms. The van der Waals surface area contributed by atoms with Crippen molar-refractivity contribution in [2.45, 2.75) is 25.4 Å². The van der Waals surface area contributed by atoms with Gasteiger partial charge in [0.25, 0.3) is 0 Å². The van der Waals surface area contributed by atoms with Crippen LogP contribution in [0, 0.1) is 11.3 Å². The standard InChI is InChI=1S/C13H14N2O3/c1-17-13(16)10-5-8(7-14)12(6-11(10)15)18-9-3-2-4-9/h5-6,9H,2-4,15H2,1H3. The molecule has 0 aliphatic heterocycles. The van der Waals surface area contributed by atoms with E-state index in [4.69, 9.17) is 15.7 Å². The highest BCUT2D eigenvalue weighted by atomic mass is 16.5. The van der Waals surface area contributed by atoms with Crippen LogP contribution in [0.5, 0.6) is 5.75 Å². The van der Waals surface area contributed by atoms with E-state index in [1.165, 1.54) is 19.2 Å². The Hall–Kier alpha value is -2.22. The number of carbonyl (C=O) groups is 1. The number of hydrogen-bond donors (Lipinski definition) is 1. The zero-order chi connectivity index (χ0) is 13.1. The summed E-state index contributed by atoms with van der Waals surface area (Å²) in [6.45, 7) is 0. The molecule has 0 amide bonds. The molecule has 0 unspecified atom stereocenters. The van der Waals surface area contributed by atoms with Gasteiger partial charge in [0, 0.05) is 11.8 Å². The Balaban J connectivity index is 2.33. The molecule has 1 fully saturated rings. The van der Waals surface area contributed by atoms with Gasteiger partial charge < -0.3 is 15.2 Å². The zero-order valence-electron chi connectivity index (χ0n) is 10.1. The minimum Gasteiger partial charge on any atom is -0.489 e. The number of rotatable bonds is 3. The van der Waals surface area contributed by atoms with Crippen LogP contribution in [0.25, 0.3) is 0 Å². The molecule has 0 spiro atoms. The summed E-state index contributed by atoms with van der Waals surface area (Å²) in [7, 11) is 1.27. The van der Waals surface area contributed by atoms with Crippen molar-refractivity contribution in [3.05, 3.63) is 23.3 Å². The number of anilines is 1. The van der Waals surface area contributed by atoms with Crippen LogP contribution in [0.1, 0.15) is 35.2 Å². The smallest absolute Gasteiger partial charge is 0.340 e. The number of hydrogen-bond acceptors (Lipinski definition) is 5. The molecule has 0 radical (unpaired) electrons. The van der Waals surface area contributed by atoms with Gasteiger partial charge in [0.15, 0.2) is 0 Å². The molecule has 2 rings (SSSR count). The van der Waals surface area contributed by atoms with Crippen molar-refractivity contribution in [2.75, 3.05) is 12.8 Å². The van der Waals surface area contributed by atoms with Crippen LogP contribution < -0.4 is 10.5 Å². The van der Waals surface area contributed by atoms with Crippen LogP contribution >= 0.6 is 0 Å². The first-order chi connectivity index (χ1) is 8.65. The first kappa shape index (κ1) is 12.2.